The van der Waals surface area contributed by atoms with Crippen LogP contribution < -0.4 is 26.3 Å². The van der Waals surface area contributed by atoms with Crippen LogP contribution in [0.5, 0.6) is 11.5 Å². The van der Waals surface area contributed by atoms with Gasteiger partial charge in [-0.05, 0) is 42.5 Å². The van der Waals surface area contributed by atoms with Gasteiger partial charge in [-0.2, -0.15) is 0 Å². The Morgan fingerprint density at radius 2 is 1.71 bits per heavy atom. The van der Waals surface area contributed by atoms with Crippen molar-refractivity contribution in [2.45, 2.75) is 0 Å². The number of carbonyl (C=O) groups is 2. The molecule has 0 saturated heterocycles. The summed E-state index contributed by atoms with van der Waals surface area (Å²) in [5.74, 6) is 0.692. The third-order valence-corrected chi connectivity index (χ3v) is 5.35. The minimum Gasteiger partial charge on any atom is -0.496 e. The molecule has 2 amide bonds. The Hall–Kier alpha value is -4.37. The first-order valence-corrected chi connectivity index (χ1v) is 10.5. The second kappa shape index (κ2) is 9.63. The topological polar surface area (TPSA) is 143 Å². The van der Waals surface area contributed by atoms with Crippen molar-refractivity contribution in [1.29, 1.82) is 0 Å². The smallest absolute Gasteiger partial charge is 0.251 e. The van der Waals surface area contributed by atoms with Gasteiger partial charge in [0.2, 0.25) is 5.91 Å². The second-order valence-corrected chi connectivity index (χ2v) is 7.42. The van der Waals surface area contributed by atoms with Crippen molar-refractivity contribution in [2.75, 3.05) is 27.3 Å². The number of aromatic nitrogens is 1. The van der Waals surface area contributed by atoms with Gasteiger partial charge in [-0.1, -0.05) is 0 Å². The zero-order valence-electron chi connectivity index (χ0n) is 18.8. The van der Waals surface area contributed by atoms with Crippen LogP contribution in [-0.4, -0.2) is 44.1 Å². The molecule has 0 bridgehead atoms. The molecule has 0 unspecified atom stereocenters. The van der Waals surface area contributed by atoms with E-state index in [0.717, 1.165) is 11.1 Å². The Morgan fingerprint density at radius 3 is 2.41 bits per heavy atom. The van der Waals surface area contributed by atoms with E-state index in [1.165, 1.54) is 14.2 Å². The van der Waals surface area contributed by atoms with E-state index in [0.29, 0.717) is 58.1 Å². The summed E-state index contributed by atoms with van der Waals surface area (Å²) in [6.45, 7) is 0.730. The van der Waals surface area contributed by atoms with Crippen LogP contribution >= 0.6 is 0 Å². The average Bonchev–Trinajstić information content (AvgIpc) is 3.30. The third-order valence-electron chi connectivity index (χ3n) is 5.35. The molecule has 4 rings (SSSR count). The number of fused-ring (bicyclic) bond motifs is 1. The molecule has 4 aromatic rings. The number of methoxy groups -OCH3 is 2. The Bertz CT molecular complexity index is 1380. The summed E-state index contributed by atoms with van der Waals surface area (Å²) >= 11 is 0. The normalized spacial score (nSPS) is 10.8. The molecule has 0 aliphatic heterocycles. The Kier molecular flexibility index (Phi) is 6.46. The lowest BCUT2D eigenvalue weighted by Gasteiger charge is -2.11. The lowest BCUT2D eigenvalue weighted by Crippen LogP contribution is -2.28. The highest BCUT2D eigenvalue weighted by atomic mass is 16.5. The molecule has 0 spiro atoms. The third kappa shape index (κ3) is 4.28. The molecule has 2 aromatic heterocycles. The Morgan fingerprint density at radius 1 is 0.941 bits per heavy atom. The summed E-state index contributed by atoms with van der Waals surface area (Å²) in [4.78, 5) is 28.4. The van der Waals surface area contributed by atoms with Gasteiger partial charge in [0.25, 0.3) is 5.91 Å². The highest BCUT2D eigenvalue weighted by molar-refractivity contribution is 5.99. The number of ether oxygens (including phenoxy) is 2. The van der Waals surface area contributed by atoms with Gasteiger partial charge in [-0.15, -0.1) is 0 Å². The first kappa shape index (κ1) is 22.8. The molecule has 5 N–H and O–H groups in total. The van der Waals surface area contributed by atoms with Crippen LogP contribution in [0.3, 0.4) is 0 Å². The van der Waals surface area contributed by atoms with Gasteiger partial charge < -0.3 is 30.7 Å². The van der Waals surface area contributed by atoms with Crippen LogP contribution in [0.1, 0.15) is 20.7 Å². The van der Waals surface area contributed by atoms with Crippen molar-refractivity contribution in [3.05, 3.63) is 65.9 Å². The van der Waals surface area contributed by atoms with Crippen molar-refractivity contribution in [1.82, 2.24) is 10.3 Å². The molecule has 34 heavy (non-hydrogen) atoms. The quantitative estimate of drug-likeness (QED) is 0.367. The first-order valence-electron chi connectivity index (χ1n) is 10.5. The predicted octanol–water partition coefficient (Wildman–Crippen LogP) is 2.97. The number of hydrogen-bond acceptors (Lipinski definition) is 7. The Balaban J connectivity index is 1.82. The molecular weight excluding hydrogens is 436 g/mol. The van der Waals surface area contributed by atoms with Gasteiger partial charge in [-0.25, -0.2) is 0 Å². The molecule has 0 aliphatic rings. The number of furan rings is 1. The van der Waals surface area contributed by atoms with Crippen LogP contribution in [0.15, 0.2) is 59.1 Å². The number of primary amides is 1. The molecule has 174 valence electrons. The van der Waals surface area contributed by atoms with E-state index < -0.39 is 5.91 Å². The maximum atomic E-state index is 12.3. The van der Waals surface area contributed by atoms with Gasteiger partial charge in [0.15, 0.2) is 5.58 Å². The van der Waals surface area contributed by atoms with Crippen LogP contribution in [0, 0.1) is 0 Å². The number of nitrogens with two attached hydrogens (primary N) is 2. The number of carbonyl (C=O) groups excluding carboxylic acids is 2. The number of benzene rings is 2. The van der Waals surface area contributed by atoms with Crippen LogP contribution in [-0.2, 0) is 0 Å². The molecule has 2 heterocycles. The summed E-state index contributed by atoms with van der Waals surface area (Å²) in [5.41, 5.74) is 14.8. The minimum atomic E-state index is -0.556. The van der Waals surface area contributed by atoms with E-state index in [2.05, 4.69) is 10.3 Å². The summed E-state index contributed by atoms with van der Waals surface area (Å²) in [6.07, 6.45) is 1.66. The highest BCUT2D eigenvalue weighted by Crippen LogP contribution is 2.40. The number of hydrogen-bond donors (Lipinski definition) is 3. The number of rotatable bonds is 8. The van der Waals surface area contributed by atoms with Gasteiger partial charge in [0, 0.05) is 47.6 Å². The predicted molar refractivity (Wildman–Crippen MR) is 128 cm³/mol. The fourth-order valence-corrected chi connectivity index (χ4v) is 3.68. The summed E-state index contributed by atoms with van der Waals surface area (Å²) in [5, 5.41) is 2.74. The Labute approximate surface area is 195 Å². The second-order valence-electron chi connectivity index (χ2n) is 7.42. The maximum Gasteiger partial charge on any atom is 0.251 e. The van der Waals surface area contributed by atoms with Crippen LogP contribution in [0.4, 0.5) is 0 Å². The fourth-order valence-electron chi connectivity index (χ4n) is 3.68. The maximum absolute atomic E-state index is 12.3. The molecule has 9 heteroatoms. The van der Waals surface area contributed by atoms with E-state index >= 15 is 0 Å². The van der Waals surface area contributed by atoms with E-state index in [1.54, 1.807) is 54.7 Å². The van der Waals surface area contributed by atoms with Crippen molar-refractivity contribution >= 4 is 22.9 Å². The lowest BCUT2D eigenvalue weighted by atomic mass is 10.0. The van der Waals surface area contributed by atoms with Crippen molar-refractivity contribution in [3.8, 4) is 33.9 Å². The van der Waals surface area contributed by atoms with Gasteiger partial charge in [0.05, 0.1) is 19.8 Å². The lowest BCUT2D eigenvalue weighted by molar-refractivity contribution is 0.0953. The standard InChI is InChI=1S/C25H24N4O5/c1-32-20-6-4-14(24(27)30)11-18(20)22-13-19-23(34-22)17(7-9-28-19)16-5-3-15(12-21(16)33-2)25(31)29-10-8-26/h3-7,9,11-13H,8,10,26H2,1-2H3,(H2,27,30)(H,29,31). The molecule has 0 fully saturated rings. The average molecular weight is 460 g/mol. The molecule has 0 saturated carbocycles. The molecule has 2 aromatic carbocycles. The summed E-state index contributed by atoms with van der Waals surface area (Å²) in [7, 11) is 3.07. The van der Waals surface area contributed by atoms with Crippen molar-refractivity contribution in [2.24, 2.45) is 11.5 Å². The number of nitrogens with one attached hydrogen (secondary N) is 1. The zero-order chi connectivity index (χ0) is 24.2. The largest absolute Gasteiger partial charge is 0.496 e. The summed E-state index contributed by atoms with van der Waals surface area (Å²) < 4.78 is 17.2. The first-order chi connectivity index (χ1) is 16.5. The molecule has 0 atom stereocenters. The van der Waals surface area contributed by atoms with Crippen molar-refractivity contribution in [3.63, 3.8) is 0 Å². The summed E-state index contributed by atoms with van der Waals surface area (Å²) in [6, 6.07) is 13.6. The van der Waals surface area contributed by atoms with E-state index in [9.17, 15) is 9.59 Å². The molecule has 0 radical (unpaired) electrons. The van der Waals surface area contributed by atoms with Gasteiger partial charge in [-0.3, -0.25) is 14.6 Å². The minimum absolute atomic E-state index is 0.239. The van der Waals surface area contributed by atoms with Crippen LogP contribution in [0.2, 0.25) is 0 Å². The van der Waals surface area contributed by atoms with Gasteiger partial charge >= 0.3 is 0 Å². The van der Waals surface area contributed by atoms with E-state index in [4.69, 9.17) is 25.4 Å². The number of nitrogens with zero attached hydrogens (tertiary/aromatic N) is 1. The van der Waals surface area contributed by atoms with Gasteiger partial charge in [0.1, 0.15) is 22.8 Å². The number of pyridine rings is 1. The monoisotopic (exact) mass is 460 g/mol. The molecular formula is C25H24N4O5. The number of amides is 2. The zero-order valence-corrected chi connectivity index (χ0v) is 18.8. The van der Waals surface area contributed by atoms with E-state index in [1.807, 2.05) is 0 Å². The fraction of sp³-hybridized carbons (Fsp3) is 0.160. The van der Waals surface area contributed by atoms with Crippen LogP contribution in [0.25, 0.3) is 33.6 Å². The van der Waals surface area contributed by atoms with Crippen molar-refractivity contribution < 1.29 is 23.5 Å². The SMILES string of the molecule is COc1ccc(C(N)=O)cc1-c1cc2nccc(-c3ccc(C(=O)NCCN)cc3OC)c2o1. The molecule has 9 nitrogen and oxygen atoms in total. The van der Waals surface area contributed by atoms with E-state index in [-0.39, 0.29) is 5.91 Å². The highest BCUT2D eigenvalue weighted by Gasteiger charge is 2.19. The molecule has 0 aliphatic carbocycles.